The van der Waals surface area contributed by atoms with E-state index in [4.69, 9.17) is 21.7 Å². The summed E-state index contributed by atoms with van der Waals surface area (Å²) in [6, 6.07) is -1.28. The van der Waals surface area contributed by atoms with Crippen LogP contribution >= 0.6 is 0 Å². The highest BCUT2D eigenvalue weighted by Gasteiger charge is 2.26. The number of carboxylic acid groups (broad SMARTS) is 2. The average molecular weight is 318 g/mol. The van der Waals surface area contributed by atoms with Gasteiger partial charge in [-0.05, 0) is 12.8 Å². The molecule has 0 saturated carbocycles. The molecule has 0 spiro atoms. The number of carbonyl (C=O) groups is 4. The Morgan fingerprint density at radius 3 is 1.32 bits per heavy atom. The van der Waals surface area contributed by atoms with Crippen LogP contribution in [0.5, 0.6) is 0 Å². The molecule has 0 bridgehead atoms. The van der Waals surface area contributed by atoms with Crippen LogP contribution < -0.4 is 22.1 Å². The van der Waals surface area contributed by atoms with E-state index >= 15 is 0 Å². The third kappa shape index (κ3) is 8.17. The predicted molar refractivity (Wildman–Crippen MR) is 75.7 cm³/mol. The van der Waals surface area contributed by atoms with E-state index in [-0.39, 0.29) is 11.8 Å². The van der Waals surface area contributed by atoms with E-state index in [2.05, 4.69) is 10.6 Å². The van der Waals surface area contributed by atoms with Crippen LogP contribution in [-0.4, -0.2) is 59.1 Å². The zero-order valence-corrected chi connectivity index (χ0v) is 12.1. The quantitative estimate of drug-likeness (QED) is 0.332. The molecule has 2 aliphatic rings. The predicted octanol–water partition coefficient (Wildman–Crippen LogP) is -2.40. The van der Waals surface area contributed by atoms with E-state index in [9.17, 15) is 19.2 Å². The molecule has 8 N–H and O–H groups in total. The van der Waals surface area contributed by atoms with Crippen molar-refractivity contribution >= 4 is 23.8 Å². The van der Waals surface area contributed by atoms with Crippen molar-refractivity contribution in [3.63, 3.8) is 0 Å². The molecule has 0 unspecified atom stereocenters. The van der Waals surface area contributed by atoms with E-state index in [1.165, 1.54) is 0 Å². The zero-order chi connectivity index (χ0) is 17.1. The van der Waals surface area contributed by atoms with Crippen LogP contribution in [0.15, 0.2) is 0 Å². The Labute approximate surface area is 127 Å². The second-order valence-corrected chi connectivity index (χ2v) is 4.57. The standard InChI is InChI=1S/2C5H7NO3.C2H8N2/c2*7-4-2-1-3(6-4)5(8)9;3-1-2-4/h2*3H,1-2H2,(H,6,7)(H,8,9);1-4H2/t2*3-;/m00./s1. The smallest absolute Gasteiger partial charge is 0.326 e. The number of hydrogen-bond acceptors (Lipinski definition) is 6. The fraction of sp³-hybridized carbons (Fsp3) is 0.667. The molecule has 10 heteroatoms. The number of hydrogen-bond donors (Lipinski definition) is 6. The number of carbonyl (C=O) groups excluding carboxylic acids is 2. The van der Waals surface area contributed by atoms with Crippen molar-refractivity contribution in [2.24, 2.45) is 11.5 Å². The SMILES string of the molecule is NCCN.O=C1CC[C@@H](C(=O)O)N1.O=C1CC[C@@H](C(=O)O)N1. The number of carboxylic acids is 2. The summed E-state index contributed by atoms with van der Waals surface area (Å²) >= 11 is 0. The van der Waals surface area contributed by atoms with Gasteiger partial charge in [0.2, 0.25) is 11.8 Å². The molecule has 10 nitrogen and oxygen atoms in total. The lowest BCUT2D eigenvalue weighted by atomic mass is 10.2. The molecular formula is C12H22N4O6. The first-order valence-electron chi connectivity index (χ1n) is 6.76. The second kappa shape index (κ2) is 10.5. The van der Waals surface area contributed by atoms with Gasteiger partial charge >= 0.3 is 11.9 Å². The second-order valence-electron chi connectivity index (χ2n) is 4.57. The van der Waals surface area contributed by atoms with Gasteiger partial charge in [0.15, 0.2) is 0 Å². The number of rotatable bonds is 3. The maximum atomic E-state index is 10.4. The Bertz CT molecular complexity index is 376. The van der Waals surface area contributed by atoms with Gasteiger partial charge in [0.25, 0.3) is 0 Å². The van der Waals surface area contributed by atoms with E-state index < -0.39 is 24.0 Å². The van der Waals surface area contributed by atoms with Gasteiger partial charge in [0.05, 0.1) is 0 Å². The molecule has 0 radical (unpaired) electrons. The summed E-state index contributed by atoms with van der Waals surface area (Å²) in [7, 11) is 0. The lowest BCUT2D eigenvalue weighted by molar-refractivity contribution is -0.140. The topological polar surface area (TPSA) is 185 Å². The van der Waals surface area contributed by atoms with E-state index in [0.717, 1.165) is 0 Å². The molecule has 2 rings (SSSR count). The molecule has 0 aromatic heterocycles. The van der Waals surface area contributed by atoms with Gasteiger partial charge in [-0.1, -0.05) is 0 Å². The van der Waals surface area contributed by atoms with Gasteiger partial charge in [-0.3, -0.25) is 9.59 Å². The van der Waals surface area contributed by atoms with Gasteiger partial charge in [-0.15, -0.1) is 0 Å². The molecule has 0 aromatic carbocycles. The van der Waals surface area contributed by atoms with Gasteiger partial charge in [-0.25, -0.2) is 9.59 Å². The third-order valence-corrected chi connectivity index (χ3v) is 2.75. The van der Waals surface area contributed by atoms with E-state index in [1.54, 1.807) is 0 Å². The first-order valence-corrected chi connectivity index (χ1v) is 6.76. The van der Waals surface area contributed by atoms with Crippen molar-refractivity contribution < 1.29 is 29.4 Å². The largest absolute Gasteiger partial charge is 0.480 e. The maximum Gasteiger partial charge on any atom is 0.326 e. The Morgan fingerprint density at radius 1 is 0.909 bits per heavy atom. The van der Waals surface area contributed by atoms with Crippen molar-refractivity contribution in [3.05, 3.63) is 0 Å². The summed E-state index contributed by atoms with van der Waals surface area (Å²) in [5.74, 6) is -2.22. The number of amides is 2. The van der Waals surface area contributed by atoms with Crippen LogP contribution in [0.1, 0.15) is 25.7 Å². The summed E-state index contributed by atoms with van der Waals surface area (Å²) in [6.45, 7) is 1.19. The minimum Gasteiger partial charge on any atom is -0.480 e. The number of nitrogens with two attached hydrogens (primary N) is 2. The summed E-state index contributed by atoms with van der Waals surface area (Å²) < 4.78 is 0. The molecule has 2 amide bonds. The van der Waals surface area contributed by atoms with Crippen LogP contribution in [0.3, 0.4) is 0 Å². The molecular weight excluding hydrogens is 296 g/mol. The molecule has 2 fully saturated rings. The molecule has 2 aliphatic heterocycles. The summed E-state index contributed by atoms with van der Waals surface area (Å²) in [5, 5.41) is 21.3. The van der Waals surface area contributed by atoms with Crippen LogP contribution in [0.2, 0.25) is 0 Å². The van der Waals surface area contributed by atoms with E-state index in [0.29, 0.717) is 38.8 Å². The monoisotopic (exact) mass is 318 g/mol. The van der Waals surface area contributed by atoms with Crippen LogP contribution in [-0.2, 0) is 19.2 Å². The summed E-state index contributed by atoms with van der Waals surface area (Å²) in [6.07, 6.45) is 1.54. The fourth-order valence-electron chi connectivity index (χ4n) is 1.60. The lowest BCUT2D eigenvalue weighted by Gasteiger charge is -1.99. The normalized spacial score (nSPS) is 22.5. The fourth-order valence-corrected chi connectivity index (χ4v) is 1.60. The Kier molecular flexibility index (Phi) is 9.46. The van der Waals surface area contributed by atoms with Gasteiger partial charge in [0, 0.05) is 25.9 Å². The van der Waals surface area contributed by atoms with Crippen LogP contribution in [0, 0.1) is 0 Å². The molecule has 0 aromatic rings. The first kappa shape index (κ1) is 19.8. The highest BCUT2D eigenvalue weighted by Crippen LogP contribution is 2.05. The summed E-state index contributed by atoms with van der Waals surface area (Å²) in [4.78, 5) is 41.0. The van der Waals surface area contributed by atoms with Crippen molar-refractivity contribution in [1.82, 2.24) is 10.6 Å². The van der Waals surface area contributed by atoms with Gasteiger partial charge in [0.1, 0.15) is 12.1 Å². The lowest BCUT2D eigenvalue weighted by Crippen LogP contribution is -2.32. The molecule has 126 valence electrons. The number of aliphatic carboxylic acids is 2. The third-order valence-electron chi connectivity index (χ3n) is 2.75. The van der Waals surface area contributed by atoms with Crippen molar-refractivity contribution in [2.45, 2.75) is 37.8 Å². The molecule has 0 aliphatic carbocycles. The first-order chi connectivity index (χ1) is 10.3. The maximum absolute atomic E-state index is 10.4. The molecule has 2 saturated heterocycles. The highest BCUT2D eigenvalue weighted by atomic mass is 16.4. The Balaban J connectivity index is 0.000000326. The van der Waals surface area contributed by atoms with Crippen LogP contribution in [0.4, 0.5) is 0 Å². The van der Waals surface area contributed by atoms with Crippen LogP contribution in [0.25, 0.3) is 0 Å². The molecule has 2 atom stereocenters. The Morgan fingerprint density at radius 2 is 1.23 bits per heavy atom. The zero-order valence-electron chi connectivity index (χ0n) is 12.1. The van der Waals surface area contributed by atoms with Crippen molar-refractivity contribution in [3.8, 4) is 0 Å². The van der Waals surface area contributed by atoms with Crippen molar-refractivity contribution in [2.75, 3.05) is 13.1 Å². The Hall–Kier alpha value is -2.20. The average Bonchev–Trinajstić information content (AvgIpc) is 3.08. The summed E-state index contributed by atoms with van der Waals surface area (Å²) in [5.41, 5.74) is 9.81. The highest BCUT2D eigenvalue weighted by molar-refractivity contribution is 5.87. The minimum absolute atomic E-state index is 0.164. The minimum atomic E-state index is -0.944. The van der Waals surface area contributed by atoms with Crippen molar-refractivity contribution in [1.29, 1.82) is 0 Å². The van der Waals surface area contributed by atoms with Gasteiger partial charge < -0.3 is 32.3 Å². The number of nitrogens with one attached hydrogen (secondary N) is 2. The van der Waals surface area contributed by atoms with E-state index in [1.807, 2.05) is 0 Å². The molecule has 22 heavy (non-hydrogen) atoms. The van der Waals surface area contributed by atoms with Gasteiger partial charge in [-0.2, -0.15) is 0 Å². The molecule has 2 heterocycles.